The lowest BCUT2D eigenvalue weighted by Crippen LogP contribution is -2.41. The first-order chi connectivity index (χ1) is 10.2. The summed E-state index contributed by atoms with van der Waals surface area (Å²) in [4.78, 5) is 0. The van der Waals surface area contributed by atoms with Crippen LogP contribution in [0.2, 0.25) is 0 Å². The summed E-state index contributed by atoms with van der Waals surface area (Å²) in [6, 6.07) is 16.4. The van der Waals surface area contributed by atoms with Crippen molar-refractivity contribution in [3.05, 3.63) is 71.0 Å². The van der Waals surface area contributed by atoms with Crippen LogP contribution in [0.1, 0.15) is 35.4 Å². The number of hydrogen-bond donors (Lipinski definition) is 1. The second-order valence-electron chi connectivity index (χ2n) is 6.08. The molecule has 0 aliphatic heterocycles. The summed E-state index contributed by atoms with van der Waals surface area (Å²) in [7, 11) is 0. The van der Waals surface area contributed by atoms with Crippen LogP contribution >= 0.6 is 0 Å². The van der Waals surface area contributed by atoms with Crippen molar-refractivity contribution in [1.82, 2.24) is 5.32 Å². The van der Waals surface area contributed by atoms with Crippen molar-refractivity contribution in [2.45, 2.75) is 38.1 Å². The topological polar surface area (TPSA) is 12.0 Å². The van der Waals surface area contributed by atoms with E-state index in [0.717, 1.165) is 31.4 Å². The summed E-state index contributed by atoms with van der Waals surface area (Å²) in [5.41, 5.74) is 3.58. The molecule has 1 aliphatic rings. The Morgan fingerprint density at radius 1 is 1.10 bits per heavy atom. The van der Waals surface area contributed by atoms with Gasteiger partial charge in [0.1, 0.15) is 5.82 Å². The highest BCUT2D eigenvalue weighted by Gasteiger charge is 2.31. The molecule has 2 aromatic rings. The average molecular weight is 283 g/mol. The minimum atomic E-state index is -0.0549. The molecular formula is C19H22FN. The van der Waals surface area contributed by atoms with E-state index in [4.69, 9.17) is 0 Å². The van der Waals surface area contributed by atoms with Gasteiger partial charge in [-0.05, 0) is 55.8 Å². The van der Waals surface area contributed by atoms with Crippen molar-refractivity contribution in [2.24, 2.45) is 0 Å². The number of rotatable bonds is 5. The van der Waals surface area contributed by atoms with Gasteiger partial charge >= 0.3 is 0 Å². The van der Waals surface area contributed by atoms with E-state index in [-0.39, 0.29) is 5.82 Å². The zero-order chi connectivity index (χ0) is 14.7. The van der Waals surface area contributed by atoms with Crippen LogP contribution in [0.3, 0.4) is 0 Å². The maximum absolute atomic E-state index is 13.7. The third-order valence-electron chi connectivity index (χ3n) is 4.41. The van der Waals surface area contributed by atoms with Crippen molar-refractivity contribution in [1.29, 1.82) is 0 Å². The highest BCUT2D eigenvalue weighted by atomic mass is 19.1. The van der Waals surface area contributed by atoms with E-state index in [1.165, 1.54) is 11.1 Å². The molecule has 0 unspecified atom stereocenters. The summed E-state index contributed by atoms with van der Waals surface area (Å²) < 4.78 is 13.7. The van der Waals surface area contributed by atoms with Gasteiger partial charge in [0.15, 0.2) is 0 Å². The standard InChI is InChI=1S/C19H22FN/c1-14-5-4-6-15(11-14)9-10-21-17-12-16(13-17)18-7-2-3-8-19(18)20/h2-8,11,16-17,21H,9-10,12-13H2,1H3. The predicted octanol–water partition coefficient (Wildman–Crippen LogP) is 4.21. The molecule has 2 aromatic carbocycles. The lowest BCUT2D eigenvalue weighted by atomic mass is 9.75. The molecule has 110 valence electrons. The lowest BCUT2D eigenvalue weighted by Gasteiger charge is -2.36. The molecule has 1 aliphatic carbocycles. The predicted molar refractivity (Wildman–Crippen MR) is 85.0 cm³/mol. The third-order valence-corrected chi connectivity index (χ3v) is 4.41. The molecule has 3 rings (SSSR count). The Morgan fingerprint density at radius 2 is 1.90 bits per heavy atom. The zero-order valence-corrected chi connectivity index (χ0v) is 12.5. The van der Waals surface area contributed by atoms with Gasteiger partial charge < -0.3 is 5.32 Å². The Hall–Kier alpha value is -1.67. The van der Waals surface area contributed by atoms with Gasteiger partial charge in [-0.15, -0.1) is 0 Å². The first-order valence-electron chi connectivity index (χ1n) is 7.76. The fraction of sp³-hybridized carbons (Fsp3) is 0.368. The van der Waals surface area contributed by atoms with Crippen molar-refractivity contribution < 1.29 is 4.39 Å². The Kier molecular flexibility index (Phi) is 4.35. The fourth-order valence-corrected chi connectivity index (χ4v) is 3.13. The number of benzene rings is 2. The Morgan fingerprint density at radius 3 is 2.67 bits per heavy atom. The molecule has 0 atom stereocenters. The molecule has 1 saturated carbocycles. The monoisotopic (exact) mass is 283 g/mol. The Bertz CT molecular complexity index is 602. The molecule has 0 heterocycles. The minimum Gasteiger partial charge on any atom is -0.314 e. The van der Waals surface area contributed by atoms with E-state index in [1.54, 1.807) is 12.1 Å². The van der Waals surface area contributed by atoms with Gasteiger partial charge in [-0.2, -0.15) is 0 Å². The maximum Gasteiger partial charge on any atom is 0.126 e. The molecule has 1 N–H and O–H groups in total. The number of nitrogens with one attached hydrogen (secondary N) is 1. The molecule has 0 saturated heterocycles. The summed E-state index contributed by atoms with van der Waals surface area (Å²) in [5.74, 6) is 0.336. The van der Waals surface area contributed by atoms with Crippen LogP contribution < -0.4 is 5.32 Å². The van der Waals surface area contributed by atoms with Crippen molar-refractivity contribution in [3.8, 4) is 0 Å². The normalized spacial score (nSPS) is 21.0. The highest BCUT2D eigenvalue weighted by molar-refractivity contribution is 5.25. The minimum absolute atomic E-state index is 0.0549. The van der Waals surface area contributed by atoms with Crippen LogP contribution in [0.4, 0.5) is 4.39 Å². The molecule has 2 heteroatoms. The molecule has 1 nitrogen and oxygen atoms in total. The fourth-order valence-electron chi connectivity index (χ4n) is 3.13. The van der Waals surface area contributed by atoms with Crippen molar-refractivity contribution in [3.63, 3.8) is 0 Å². The van der Waals surface area contributed by atoms with E-state index in [1.807, 2.05) is 12.1 Å². The van der Waals surface area contributed by atoms with E-state index in [9.17, 15) is 4.39 Å². The average Bonchev–Trinajstić information content (AvgIpc) is 2.43. The van der Waals surface area contributed by atoms with Gasteiger partial charge in [0.25, 0.3) is 0 Å². The molecule has 0 bridgehead atoms. The van der Waals surface area contributed by atoms with Gasteiger partial charge in [0.05, 0.1) is 0 Å². The van der Waals surface area contributed by atoms with Crippen LogP contribution in [0.25, 0.3) is 0 Å². The van der Waals surface area contributed by atoms with Crippen molar-refractivity contribution in [2.75, 3.05) is 6.54 Å². The second kappa shape index (κ2) is 6.40. The molecule has 21 heavy (non-hydrogen) atoms. The van der Waals surface area contributed by atoms with Gasteiger partial charge in [0, 0.05) is 6.04 Å². The Labute approximate surface area is 126 Å². The Balaban J connectivity index is 1.42. The largest absolute Gasteiger partial charge is 0.314 e. The summed E-state index contributed by atoms with van der Waals surface area (Å²) >= 11 is 0. The van der Waals surface area contributed by atoms with E-state index in [0.29, 0.717) is 12.0 Å². The van der Waals surface area contributed by atoms with Crippen LogP contribution in [-0.2, 0) is 6.42 Å². The molecule has 0 spiro atoms. The smallest absolute Gasteiger partial charge is 0.126 e. The highest BCUT2D eigenvalue weighted by Crippen LogP contribution is 2.37. The van der Waals surface area contributed by atoms with Gasteiger partial charge in [-0.25, -0.2) is 4.39 Å². The molecule has 0 radical (unpaired) electrons. The first kappa shape index (κ1) is 14.3. The van der Waals surface area contributed by atoms with Gasteiger partial charge in [0.2, 0.25) is 0 Å². The molecule has 0 aromatic heterocycles. The quantitative estimate of drug-likeness (QED) is 0.866. The van der Waals surface area contributed by atoms with E-state index < -0.39 is 0 Å². The maximum atomic E-state index is 13.7. The van der Waals surface area contributed by atoms with E-state index in [2.05, 4.69) is 36.5 Å². The number of hydrogen-bond acceptors (Lipinski definition) is 1. The molecule has 0 amide bonds. The second-order valence-corrected chi connectivity index (χ2v) is 6.08. The van der Waals surface area contributed by atoms with Gasteiger partial charge in [-0.1, -0.05) is 48.0 Å². The first-order valence-corrected chi connectivity index (χ1v) is 7.76. The van der Waals surface area contributed by atoms with Crippen LogP contribution in [0.5, 0.6) is 0 Å². The lowest BCUT2D eigenvalue weighted by molar-refractivity contribution is 0.287. The van der Waals surface area contributed by atoms with Crippen LogP contribution in [-0.4, -0.2) is 12.6 Å². The number of aryl methyl sites for hydroxylation is 1. The van der Waals surface area contributed by atoms with Crippen LogP contribution in [0, 0.1) is 12.7 Å². The number of halogens is 1. The van der Waals surface area contributed by atoms with Crippen molar-refractivity contribution >= 4 is 0 Å². The van der Waals surface area contributed by atoms with Gasteiger partial charge in [-0.3, -0.25) is 0 Å². The zero-order valence-electron chi connectivity index (χ0n) is 12.5. The summed E-state index contributed by atoms with van der Waals surface area (Å²) in [5, 5.41) is 3.58. The molecular weight excluding hydrogens is 261 g/mol. The summed E-state index contributed by atoms with van der Waals surface area (Å²) in [6.07, 6.45) is 3.16. The summed E-state index contributed by atoms with van der Waals surface area (Å²) in [6.45, 7) is 3.12. The SMILES string of the molecule is Cc1cccc(CCNC2CC(c3ccccc3F)C2)c1. The molecule has 1 fully saturated rings. The van der Waals surface area contributed by atoms with E-state index >= 15 is 0 Å². The third kappa shape index (κ3) is 3.51. The van der Waals surface area contributed by atoms with Crippen LogP contribution in [0.15, 0.2) is 48.5 Å².